The highest BCUT2D eigenvalue weighted by molar-refractivity contribution is 5.89. The van der Waals surface area contributed by atoms with Gasteiger partial charge < -0.3 is 10.2 Å². The van der Waals surface area contributed by atoms with Gasteiger partial charge in [-0.15, -0.1) is 0 Å². The Bertz CT molecular complexity index is 532. The molecule has 0 atom stereocenters. The van der Waals surface area contributed by atoms with Crippen LogP contribution in [0.1, 0.15) is 11.1 Å². The Morgan fingerprint density at radius 2 is 1.88 bits per heavy atom. The highest BCUT2D eigenvalue weighted by atomic mass is 16.4. The van der Waals surface area contributed by atoms with E-state index >= 15 is 0 Å². The molecule has 3 heteroatoms. The molecule has 2 aromatic rings. The van der Waals surface area contributed by atoms with Gasteiger partial charge in [-0.3, -0.25) is 4.79 Å². The Balaban J connectivity index is 2.67. The van der Waals surface area contributed by atoms with Gasteiger partial charge in [-0.2, -0.15) is 0 Å². The molecule has 0 amide bonds. The molecule has 0 aromatic heterocycles. The standard InChI is InChI=1S/C13H12O3/c14-8-10-6-5-9-3-1-2-4-11(9)12(10)7-13(15)16/h1-6,14H,7-8H2,(H,15,16). The van der Waals surface area contributed by atoms with Gasteiger partial charge in [-0.25, -0.2) is 0 Å². The monoisotopic (exact) mass is 216 g/mol. The summed E-state index contributed by atoms with van der Waals surface area (Å²) in [5.74, 6) is -0.883. The molecule has 0 fully saturated rings. The lowest BCUT2D eigenvalue weighted by atomic mass is 9.97. The average molecular weight is 216 g/mol. The van der Waals surface area contributed by atoms with Crippen molar-refractivity contribution in [3.05, 3.63) is 47.5 Å². The summed E-state index contributed by atoms with van der Waals surface area (Å²) >= 11 is 0. The molecule has 2 N–H and O–H groups in total. The van der Waals surface area contributed by atoms with E-state index in [-0.39, 0.29) is 13.0 Å². The van der Waals surface area contributed by atoms with E-state index < -0.39 is 5.97 Å². The highest BCUT2D eigenvalue weighted by Crippen LogP contribution is 2.23. The van der Waals surface area contributed by atoms with Gasteiger partial charge in [0.2, 0.25) is 0 Å². The average Bonchev–Trinajstić information content (AvgIpc) is 2.29. The Kier molecular flexibility index (Phi) is 2.88. The first-order valence-corrected chi connectivity index (χ1v) is 5.04. The van der Waals surface area contributed by atoms with Crippen LogP contribution in [0.5, 0.6) is 0 Å². The minimum absolute atomic E-state index is 0.0583. The van der Waals surface area contributed by atoms with Crippen molar-refractivity contribution in [1.82, 2.24) is 0 Å². The molecule has 0 spiro atoms. The number of hydrogen-bond donors (Lipinski definition) is 2. The minimum atomic E-state index is -0.883. The number of rotatable bonds is 3. The van der Waals surface area contributed by atoms with Crippen molar-refractivity contribution >= 4 is 16.7 Å². The van der Waals surface area contributed by atoms with Crippen LogP contribution in [-0.2, 0) is 17.8 Å². The van der Waals surface area contributed by atoms with Crippen LogP contribution in [0.15, 0.2) is 36.4 Å². The van der Waals surface area contributed by atoms with Crippen molar-refractivity contribution < 1.29 is 15.0 Å². The Morgan fingerprint density at radius 3 is 2.56 bits per heavy atom. The van der Waals surface area contributed by atoms with Crippen LogP contribution in [0.4, 0.5) is 0 Å². The van der Waals surface area contributed by atoms with Gasteiger partial charge >= 0.3 is 5.97 Å². The summed E-state index contributed by atoms with van der Waals surface area (Å²) in [7, 11) is 0. The Labute approximate surface area is 93.0 Å². The van der Waals surface area contributed by atoms with E-state index in [2.05, 4.69) is 0 Å². The third kappa shape index (κ3) is 1.90. The van der Waals surface area contributed by atoms with Crippen molar-refractivity contribution in [2.24, 2.45) is 0 Å². The molecule has 2 aromatic carbocycles. The molecule has 16 heavy (non-hydrogen) atoms. The van der Waals surface area contributed by atoms with Crippen molar-refractivity contribution in [1.29, 1.82) is 0 Å². The van der Waals surface area contributed by atoms with Gasteiger partial charge in [-0.1, -0.05) is 36.4 Å². The zero-order valence-corrected chi connectivity index (χ0v) is 8.68. The highest BCUT2D eigenvalue weighted by Gasteiger charge is 2.10. The number of aliphatic hydroxyl groups excluding tert-OH is 1. The van der Waals surface area contributed by atoms with E-state index in [1.54, 1.807) is 6.07 Å². The lowest BCUT2D eigenvalue weighted by Crippen LogP contribution is -2.04. The van der Waals surface area contributed by atoms with Crippen LogP contribution in [0.3, 0.4) is 0 Å². The predicted octanol–water partition coefficient (Wildman–Crippen LogP) is 1.96. The summed E-state index contributed by atoms with van der Waals surface area (Å²) in [6, 6.07) is 11.3. The summed E-state index contributed by atoms with van der Waals surface area (Å²) in [4.78, 5) is 10.8. The Hall–Kier alpha value is -1.87. The van der Waals surface area contributed by atoms with E-state index in [0.717, 1.165) is 10.8 Å². The normalized spacial score (nSPS) is 10.6. The maximum absolute atomic E-state index is 10.8. The number of fused-ring (bicyclic) bond motifs is 1. The van der Waals surface area contributed by atoms with E-state index in [1.165, 1.54) is 0 Å². The summed E-state index contributed by atoms with van der Waals surface area (Å²) in [6.45, 7) is -0.132. The van der Waals surface area contributed by atoms with Crippen LogP contribution < -0.4 is 0 Å². The first kappa shape index (κ1) is 10.6. The molecule has 0 aliphatic carbocycles. The number of hydrogen-bond acceptors (Lipinski definition) is 2. The second kappa shape index (κ2) is 4.33. The molecule has 0 aliphatic rings. The van der Waals surface area contributed by atoms with Crippen molar-refractivity contribution in [2.45, 2.75) is 13.0 Å². The Morgan fingerprint density at radius 1 is 1.12 bits per heavy atom. The number of carbonyl (C=O) groups is 1. The lowest BCUT2D eigenvalue weighted by Gasteiger charge is -2.09. The van der Waals surface area contributed by atoms with Crippen LogP contribution in [0.2, 0.25) is 0 Å². The van der Waals surface area contributed by atoms with Crippen LogP contribution in [0.25, 0.3) is 10.8 Å². The van der Waals surface area contributed by atoms with E-state index in [1.807, 2.05) is 30.3 Å². The number of aliphatic carboxylic acids is 1. The number of carboxylic acid groups (broad SMARTS) is 1. The second-order valence-electron chi connectivity index (χ2n) is 3.65. The maximum Gasteiger partial charge on any atom is 0.307 e. The third-order valence-corrected chi connectivity index (χ3v) is 2.64. The minimum Gasteiger partial charge on any atom is -0.481 e. The molecular weight excluding hydrogens is 204 g/mol. The van der Waals surface area contributed by atoms with Crippen LogP contribution in [-0.4, -0.2) is 16.2 Å². The van der Waals surface area contributed by atoms with E-state index in [4.69, 9.17) is 5.11 Å². The van der Waals surface area contributed by atoms with Gasteiger partial charge in [0.15, 0.2) is 0 Å². The molecule has 3 nitrogen and oxygen atoms in total. The van der Waals surface area contributed by atoms with Gasteiger partial charge in [0.05, 0.1) is 13.0 Å². The molecule has 82 valence electrons. The molecule has 0 bridgehead atoms. The SMILES string of the molecule is O=C(O)Cc1c(CO)ccc2ccccc12. The van der Waals surface area contributed by atoms with Crippen LogP contribution in [0, 0.1) is 0 Å². The van der Waals surface area contributed by atoms with Crippen molar-refractivity contribution in [3.63, 3.8) is 0 Å². The second-order valence-corrected chi connectivity index (χ2v) is 3.65. The van der Waals surface area contributed by atoms with Gasteiger partial charge in [0.1, 0.15) is 0 Å². The molecule has 0 heterocycles. The molecule has 0 saturated carbocycles. The van der Waals surface area contributed by atoms with E-state index in [0.29, 0.717) is 11.1 Å². The maximum atomic E-state index is 10.8. The molecule has 2 rings (SSSR count). The van der Waals surface area contributed by atoms with Gasteiger partial charge in [-0.05, 0) is 21.9 Å². The lowest BCUT2D eigenvalue weighted by molar-refractivity contribution is -0.136. The van der Waals surface area contributed by atoms with E-state index in [9.17, 15) is 9.90 Å². The van der Waals surface area contributed by atoms with Gasteiger partial charge in [0.25, 0.3) is 0 Å². The molecule has 0 unspecified atom stereocenters. The quantitative estimate of drug-likeness (QED) is 0.824. The first-order chi connectivity index (χ1) is 7.72. The predicted molar refractivity (Wildman–Crippen MR) is 61.2 cm³/mol. The summed E-state index contributed by atoms with van der Waals surface area (Å²) < 4.78 is 0. The smallest absolute Gasteiger partial charge is 0.307 e. The fourth-order valence-corrected chi connectivity index (χ4v) is 1.89. The molecule has 0 aliphatic heterocycles. The summed E-state index contributed by atoms with van der Waals surface area (Å²) in [5.41, 5.74) is 1.38. The van der Waals surface area contributed by atoms with Crippen LogP contribution >= 0.6 is 0 Å². The number of aliphatic hydroxyl groups is 1. The fourth-order valence-electron chi connectivity index (χ4n) is 1.89. The topological polar surface area (TPSA) is 57.5 Å². The molecular formula is C13H12O3. The third-order valence-electron chi connectivity index (χ3n) is 2.64. The summed E-state index contributed by atoms with van der Waals surface area (Å²) in [5, 5.41) is 20.0. The molecule has 0 radical (unpaired) electrons. The zero-order chi connectivity index (χ0) is 11.5. The zero-order valence-electron chi connectivity index (χ0n) is 8.68. The summed E-state index contributed by atoms with van der Waals surface area (Å²) in [6.07, 6.45) is -0.0583. The van der Waals surface area contributed by atoms with Crippen molar-refractivity contribution in [3.8, 4) is 0 Å². The van der Waals surface area contributed by atoms with Crippen molar-refractivity contribution in [2.75, 3.05) is 0 Å². The largest absolute Gasteiger partial charge is 0.481 e. The molecule has 0 saturated heterocycles. The van der Waals surface area contributed by atoms with Gasteiger partial charge in [0, 0.05) is 0 Å². The number of carboxylic acids is 1. The first-order valence-electron chi connectivity index (χ1n) is 5.04. The number of benzene rings is 2. The fraction of sp³-hybridized carbons (Fsp3) is 0.154.